The van der Waals surface area contributed by atoms with E-state index in [9.17, 15) is 0 Å². The van der Waals surface area contributed by atoms with Gasteiger partial charge in [-0.1, -0.05) is 43.6 Å². The van der Waals surface area contributed by atoms with E-state index in [1.165, 1.54) is 5.56 Å². The topological polar surface area (TPSA) is 26.0 Å². The minimum atomic E-state index is 0.429. The fourth-order valence-corrected chi connectivity index (χ4v) is 1.66. The lowest BCUT2D eigenvalue weighted by atomic mass is 9.89. The van der Waals surface area contributed by atoms with E-state index in [-0.39, 0.29) is 0 Å². The molecule has 0 saturated carbocycles. The van der Waals surface area contributed by atoms with Gasteiger partial charge in [-0.15, -0.1) is 0 Å². The molecule has 13 heavy (non-hydrogen) atoms. The summed E-state index contributed by atoms with van der Waals surface area (Å²) in [6, 6.07) is 7.96. The van der Waals surface area contributed by atoms with Crippen molar-refractivity contribution < 1.29 is 0 Å². The summed E-state index contributed by atoms with van der Waals surface area (Å²) in [5, 5.41) is 0.843. The van der Waals surface area contributed by atoms with Crippen LogP contribution >= 0.6 is 11.6 Å². The molecule has 0 bridgehead atoms. The summed E-state index contributed by atoms with van der Waals surface area (Å²) in [4.78, 5) is 0. The first-order chi connectivity index (χ1) is 6.16. The SMILES string of the molecule is CC(CN)C(C)c1ccccc1Cl. The van der Waals surface area contributed by atoms with Crippen molar-refractivity contribution in [1.29, 1.82) is 0 Å². The van der Waals surface area contributed by atoms with Gasteiger partial charge >= 0.3 is 0 Å². The van der Waals surface area contributed by atoms with Gasteiger partial charge in [0.25, 0.3) is 0 Å². The molecule has 1 aromatic rings. The lowest BCUT2D eigenvalue weighted by Gasteiger charge is -2.19. The highest BCUT2D eigenvalue weighted by molar-refractivity contribution is 6.31. The number of rotatable bonds is 3. The van der Waals surface area contributed by atoms with Gasteiger partial charge in [0.2, 0.25) is 0 Å². The van der Waals surface area contributed by atoms with E-state index < -0.39 is 0 Å². The fourth-order valence-electron chi connectivity index (χ4n) is 1.36. The normalized spacial score (nSPS) is 15.4. The minimum absolute atomic E-state index is 0.429. The molecule has 1 nitrogen and oxygen atoms in total. The standard InChI is InChI=1S/C11H16ClN/c1-8(7-13)9(2)10-5-3-4-6-11(10)12/h3-6,8-9H,7,13H2,1-2H3. The van der Waals surface area contributed by atoms with Crippen molar-refractivity contribution in [3.05, 3.63) is 34.9 Å². The minimum Gasteiger partial charge on any atom is -0.330 e. The van der Waals surface area contributed by atoms with E-state index in [1.807, 2.05) is 18.2 Å². The largest absolute Gasteiger partial charge is 0.330 e. The third-order valence-corrected chi connectivity index (χ3v) is 2.97. The Morgan fingerprint density at radius 2 is 1.92 bits per heavy atom. The van der Waals surface area contributed by atoms with Gasteiger partial charge in [0, 0.05) is 5.02 Å². The molecule has 1 rings (SSSR count). The first kappa shape index (κ1) is 10.6. The van der Waals surface area contributed by atoms with Crippen molar-refractivity contribution in [2.75, 3.05) is 6.54 Å². The lowest BCUT2D eigenvalue weighted by molar-refractivity contribution is 0.499. The summed E-state index contributed by atoms with van der Waals surface area (Å²) in [6.07, 6.45) is 0. The van der Waals surface area contributed by atoms with Crippen LogP contribution in [0, 0.1) is 5.92 Å². The van der Waals surface area contributed by atoms with E-state index in [0.717, 1.165) is 5.02 Å². The van der Waals surface area contributed by atoms with Gasteiger partial charge in [-0.2, -0.15) is 0 Å². The van der Waals surface area contributed by atoms with E-state index in [1.54, 1.807) is 0 Å². The molecule has 0 amide bonds. The molecule has 0 heterocycles. The molecule has 0 aliphatic carbocycles. The van der Waals surface area contributed by atoms with Gasteiger partial charge in [-0.3, -0.25) is 0 Å². The van der Waals surface area contributed by atoms with Gasteiger partial charge in [0.1, 0.15) is 0 Å². The van der Waals surface area contributed by atoms with Crippen molar-refractivity contribution in [3.63, 3.8) is 0 Å². The average Bonchev–Trinajstić information content (AvgIpc) is 2.16. The fraction of sp³-hybridized carbons (Fsp3) is 0.455. The monoisotopic (exact) mass is 197 g/mol. The summed E-state index contributed by atoms with van der Waals surface area (Å²) in [7, 11) is 0. The van der Waals surface area contributed by atoms with Crippen LogP contribution in [0.15, 0.2) is 24.3 Å². The molecular weight excluding hydrogens is 182 g/mol. The van der Waals surface area contributed by atoms with Crippen LogP contribution in [0.3, 0.4) is 0 Å². The van der Waals surface area contributed by atoms with Crippen LogP contribution in [0.1, 0.15) is 25.3 Å². The van der Waals surface area contributed by atoms with Crippen LogP contribution in [-0.2, 0) is 0 Å². The first-order valence-corrected chi connectivity index (χ1v) is 4.99. The predicted octanol–water partition coefficient (Wildman–Crippen LogP) is 3.04. The third-order valence-electron chi connectivity index (χ3n) is 2.62. The number of benzene rings is 1. The van der Waals surface area contributed by atoms with E-state index >= 15 is 0 Å². The molecule has 1 aromatic carbocycles. The zero-order valence-corrected chi connectivity index (χ0v) is 8.88. The maximum absolute atomic E-state index is 6.08. The highest BCUT2D eigenvalue weighted by atomic mass is 35.5. The smallest absolute Gasteiger partial charge is 0.0440 e. The third kappa shape index (κ3) is 2.45. The van der Waals surface area contributed by atoms with Crippen molar-refractivity contribution in [2.45, 2.75) is 19.8 Å². The zero-order valence-electron chi connectivity index (χ0n) is 8.13. The molecule has 0 fully saturated rings. The quantitative estimate of drug-likeness (QED) is 0.792. The van der Waals surface area contributed by atoms with Crippen molar-refractivity contribution in [1.82, 2.24) is 0 Å². The Labute approximate surface area is 84.9 Å². The van der Waals surface area contributed by atoms with Crippen LogP contribution in [0.5, 0.6) is 0 Å². The predicted molar refractivity (Wildman–Crippen MR) is 58.1 cm³/mol. The Balaban J connectivity index is 2.88. The Kier molecular flexibility index (Phi) is 3.76. The first-order valence-electron chi connectivity index (χ1n) is 4.61. The second kappa shape index (κ2) is 4.64. The van der Waals surface area contributed by atoms with Crippen LogP contribution in [0.2, 0.25) is 5.02 Å². The molecule has 0 radical (unpaired) electrons. The Bertz CT molecular complexity index is 273. The molecule has 0 saturated heterocycles. The Morgan fingerprint density at radius 1 is 1.31 bits per heavy atom. The second-order valence-corrected chi connectivity index (χ2v) is 3.93. The number of hydrogen-bond donors (Lipinski definition) is 1. The molecule has 0 aliphatic rings. The van der Waals surface area contributed by atoms with Crippen LogP contribution in [0.4, 0.5) is 0 Å². The van der Waals surface area contributed by atoms with E-state index in [2.05, 4.69) is 19.9 Å². The molecule has 0 aliphatic heterocycles. The number of nitrogens with two attached hydrogens (primary N) is 1. The average molecular weight is 198 g/mol. The summed E-state index contributed by atoms with van der Waals surface area (Å²) in [6.45, 7) is 5.01. The van der Waals surface area contributed by atoms with Crippen molar-refractivity contribution in [2.24, 2.45) is 11.7 Å². The molecule has 2 unspecified atom stereocenters. The molecular formula is C11H16ClN. The molecule has 2 heteroatoms. The summed E-state index contributed by atoms with van der Waals surface area (Å²) in [5.74, 6) is 0.901. The molecule has 0 aromatic heterocycles. The van der Waals surface area contributed by atoms with Gasteiger partial charge in [-0.05, 0) is 30.0 Å². The molecule has 72 valence electrons. The Hall–Kier alpha value is -0.530. The molecule has 0 spiro atoms. The number of hydrogen-bond acceptors (Lipinski definition) is 1. The summed E-state index contributed by atoms with van der Waals surface area (Å²) < 4.78 is 0. The van der Waals surface area contributed by atoms with Crippen molar-refractivity contribution in [3.8, 4) is 0 Å². The highest BCUT2D eigenvalue weighted by Crippen LogP contribution is 2.28. The lowest BCUT2D eigenvalue weighted by Crippen LogP contribution is -2.17. The maximum atomic E-state index is 6.08. The number of halogens is 1. The van der Waals surface area contributed by atoms with E-state index in [4.69, 9.17) is 17.3 Å². The van der Waals surface area contributed by atoms with Gasteiger partial charge in [0.15, 0.2) is 0 Å². The summed E-state index contributed by atoms with van der Waals surface area (Å²) >= 11 is 6.08. The van der Waals surface area contributed by atoms with Gasteiger partial charge in [-0.25, -0.2) is 0 Å². The maximum Gasteiger partial charge on any atom is 0.0440 e. The van der Waals surface area contributed by atoms with Crippen LogP contribution in [-0.4, -0.2) is 6.54 Å². The van der Waals surface area contributed by atoms with Gasteiger partial charge in [0.05, 0.1) is 0 Å². The molecule has 2 atom stereocenters. The summed E-state index contributed by atoms with van der Waals surface area (Å²) in [5.41, 5.74) is 6.81. The van der Waals surface area contributed by atoms with Crippen LogP contribution < -0.4 is 5.73 Å². The van der Waals surface area contributed by atoms with Crippen molar-refractivity contribution >= 4 is 11.6 Å². The molecule has 2 N–H and O–H groups in total. The van der Waals surface area contributed by atoms with Gasteiger partial charge < -0.3 is 5.73 Å². The highest BCUT2D eigenvalue weighted by Gasteiger charge is 2.14. The second-order valence-electron chi connectivity index (χ2n) is 3.52. The van der Waals surface area contributed by atoms with Crippen LogP contribution in [0.25, 0.3) is 0 Å². The van der Waals surface area contributed by atoms with E-state index in [0.29, 0.717) is 18.4 Å². The Morgan fingerprint density at radius 3 is 2.46 bits per heavy atom. The zero-order chi connectivity index (χ0) is 9.84.